The number of hydrogen-bond donors (Lipinski definition) is 3. The minimum atomic E-state index is -0.574. The maximum absolute atomic E-state index is 12.4. The van der Waals surface area contributed by atoms with Crippen LogP contribution in [-0.4, -0.2) is 51.0 Å². The maximum atomic E-state index is 12.4. The molecule has 0 aromatic carbocycles. The van der Waals surface area contributed by atoms with E-state index in [0.717, 1.165) is 0 Å². The first-order chi connectivity index (χ1) is 11.6. The third-order valence-electron chi connectivity index (χ3n) is 2.89. The third-order valence-corrected chi connectivity index (χ3v) is 2.89. The zero-order chi connectivity index (χ0) is 17.4. The fourth-order valence-corrected chi connectivity index (χ4v) is 1.80. The monoisotopic (exact) mass is 334 g/mol. The van der Waals surface area contributed by atoms with Crippen molar-refractivity contribution in [3.63, 3.8) is 0 Å². The van der Waals surface area contributed by atoms with Crippen molar-refractivity contribution in [1.82, 2.24) is 25.5 Å². The lowest BCUT2D eigenvalue weighted by Crippen LogP contribution is -2.34. The summed E-state index contributed by atoms with van der Waals surface area (Å²) in [5.41, 5.74) is 0.304. The summed E-state index contributed by atoms with van der Waals surface area (Å²) in [4.78, 5) is 35.6. The number of aromatic nitrogens is 4. The van der Waals surface area contributed by atoms with Crippen molar-refractivity contribution in [2.75, 3.05) is 13.2 Å². The number of oxime groups is 1. The SMILES string of the molecule is CCOC(=O)CO/N=C(/C(=O)N[C@H](C)c1ncc[nH]1)c1ccn[nH]1. The van der Waals surface area contributed by atoms with Crippen molar-refractivity contribution in [3.05, 3.63) is 36.2 Å². The number of amides is 1. The topological polar surface area (TPSA) is 134 Å². The first-order valence-corrected chi connectivity index (χ1v) is 7.27. The fourth-order valence-electron chi connectivity index (χ4n) is 1.80. The molecule has 0 aliphatic rings. The minimum Gasteiger partial charge on any atom is -0.463 e. The molecule has 0 bridgehead atoms. The van der Waals surface area contributed by atoms with Gasteiger partial charge >= 0.3 is 5.97 Å². The van der Waals surface area contributed by atoms with Gasteiger partial charge in [-0.15, -0.1) is 0 Å². The first kappa shape index (κ1) is 17.2. The number of nitrogens with zero attached hydrogens (tertiary/aromatic N) is 3. The van der Waals surface area contributed by atoms with Gasteiger partial charge in [0.15, 0.2) is 5.71 Å². The van der Waals surface area contributed by atoms with Gasteiger partial charge in [-0.1, -0.05) is 5.16 Å². The number of H-pyrrole nitrogens is 2. The molecule has 0 aliphatic carbocycles. The van der Waals surface area contributed by atoms with Crippen LogP contribution in [0.25, 0.3) is 0 Å². The third kappa shape index (κ3) is 4.66. The Morgan fingerprint density at radius 2 is 2.25 bits per heavy atom. The second-order valence-electron chi connectivity index (χ2n) is 4.66. The zero-order valence-corrected chi connectivity index (χ0v) is 13.3. The molecule has 0 radical (unpaired) electrons. The summed E-state index contributed by atoms with van der Waals surface area (Å²) in [5, 5.41) is 12.9. The van der Waals surface area contributed by atoms with Crippen molar-refractivity contribution < 1.29 is 19.2 Å². The molecule has 0 saturated carbocycles. The summed E-state index contributed by atoms with van der Waals surface area (Å²) >= 11 is 0. The molecule has 10 nitrogen and oxygen atoms in total. The molecule has 0 unspecified atom stereocenters. The van der Waals surface area contributed by atoms with Gasteiger partial charge in [-0.05, 0) is 19.9 Å². The zero-order valence-electron chi connectivity index (χ0n) is 13.3. The van der Waals surface area contributed by atoms with Gasteiger partial charge in [0.05, 0.1) is 18.3 Å². The van der Waals surface area contributed by atoms with Crippen LogP contribution >= 0.6 is 0 Å². The maximum Gasteiger partial charge on any atom is 0.347 e. The van der Waals surface area contributed by atoms with E-state index in [1.54, 1.807) is 32.3 Å². The van der Waals surface area contributed by atoms with E-state index in [0.29, 0.717) is 11.5 Å². The van der Waals surface area contributed by atoms with E-state index >= 15 is 0 Å². The van der Waals surface area contributed by atoms with Crippen LogP contribution in [-0.2, 0) is 19.2 Å². The highest BCUT2D eigenvalue weighted by atomic mass is 16.7. The van der Waals surface area contributed by atoms with E-state index < -0.39 is 18.5 Å². The van der Waals surface area contributed by atoms with Crippen molar-refractivity contribution >= 4 is 17.6 Å². The van der Waals surface area contributed by atoms with Gasteiger partial charge in [0.25, 0.3) is 5.91 Å². The van der Waals surface area contributed by atoms with E-state index in [4.69, 9.17) is 9.57 Å². The number of hydrogen-bond acceptors (Lipinski definition) is 7. The van der Waals surface area contributed by atoms with E-state index in [1.807, 2.05) is 0 Å². The molecule has 0 aliphatic heterocycles. The Hall–Kier alpha value is -3.17. The largest absolute Gasteiger partial charge is 0.463 e. The predicted octanol–water partition coefficient (Wildman–Crippen LogP) is 0.294. The van der Waals surface area contributed by atoms with Crippen LogP contribution in [0.5, 0.6) is 0 Å². The summed E-state index contributed by atoms with van der Waals surface area (Å²) < 4.78 is 4.72. The molecular weight excluding hydrogens is 316 g/mol. The van der Waals surface area contributed by atoms with Gasteiger partial charge < -0.3 is 19.9 Å². The van der Waals surface area contributed by atoms with Gasteiger partial charge in [-0.2, -0.15) is 5.10 Å². The van der Waals surface area contributed by atoms with Crippen LogP contribution in [0.15, 0.2) is 29.8 Å². The summed E-state index contributed by atoms with van der Waals surface area (Å²) in [5.74, 6) is -0.485. The lowest BCUT2D eigenvalue weighted by atomic mass is 10.2. The molecular formula is C14H18N6O4. The Morgan fingerprint density at radius 3 is 2.88 bits per heavy atom. The van der Waals surface area contributed by atoms with Crippen molar-refractivity contribution in [1.29, 1.82) is 0 Å². The standard InChI is InChI=1S/C14H18N6O4/c1-3-23-11(21)8-24-20-12(10-4-5-17-19-10)14(22)18-9(2)13-15-6-7-16-13/h4-7,9H,3,8H2,1-2H3,(H,15,16)(H,17,19)(H,18,22)/b20-12+/t9-/m1/s1. The smallest absolute Gasteiger partial charge is 0.347 e. The van der Waals surface area contributed by atoms with E-state index in [-0.39, 0.29) is 18.4 Å². The van der Waals surface area contributed by atoms with Gasteiger partial charge in [0, 0.05) is 18.6 Å². The number of carbonyl (C=O) groups is 2. The molecule has 2 aromatic heterocycles. The molecule has 1 atom stereocenters. The number of rotatable bonds is 8. The van der Waals surface area contributed by atoms with Crippen LogP contribution in [0, 0.1) is 0 Å². The van der Waals surface area contributed by atoms with E-state index in [9.17, 15) is 9.59 Å². The number of carbonyl (C=O) groups excluding carboxylic acids is 2. The molecule has 0 spiro atoms. The Labute approximate surface area is 137 Å². The lowest BCUT2D eigenvalue weighted by Gasteiger charge is -2.12. The molecule has 0 fully saturated rings. The molecule has 10 heteroatoms. The quantitative estimate of drug-likeness (QED) is 0.361. The van der Waals surface area contributed by atoms with Gasteiger partial charge in [0.2, 0.25) is 6.61 Å². The van der Waals surface area contributed by atoms with E-state index in [2.05, 4.69) is 30.6 Å². The molecule has 128 valence electrons. The molecule has 2 rings (SSSR count). The lowest BCUT2D eigenvalue weighted by molar-refractivity contribution is -0.148. The van der Waals surface area contributed by atoms with Crippen LogP contribution in [0.3, 0.4) is 0 Å². The fraction of sp³-hybridized carbons (Fsp3) is 0.357. The number of aromatic amines is 2. The first-order valence-electron chi connectivity index (χ1n) is 7.27. The molecule has 24 heavy (non-hydrogen) atoms. The summed E-state index contributed by atoms with van der Waals surface area (Å²) in [6, 6.07) is 1.19. The molecule has 1 amide bonds. The number of ether oxygens (including phenoxy) is 1. The Bertz CT molecular complexity index is 680. The van der Waals surface area contributed by atoms with Crippen LogP contribution < -0.4 is 5.32 Å². The summed E-state index contributed by atoms with van der Waals surface area (Å²) in [6.45, 7) is 3.29. The van der Waals surface area contributed by atoms with Gasteiger partial charge in [0.1, 0.15) is 5.82 Å². The Balaban J connectivity index is 2.05. The van der Waals surface area contributed by atoms with E-state index in [1.165, 1.54) is 6.20 Å². The average Bonchev–Trinajstić information content (AvgIpc) is 3.24. The molecule has 3 N–H and O–H groups in total. The van der Waals surface area contributed by atoms with Crippen molar-refractivity contribution in [3.8, 4) is 0 Å². The highest BCUT2D eigenvalue weighted by Crippen LogP contribution is 2.06. The molecule has 2 aromatic rings. The number of esters is 1. The number of nitrogens with one attached hydrogen (secondary N) is 3. The Kier molecular flexibility index (Phi) is 6.06. The van der Waals surface area contributed by atoms with Crippen molar-refractivity contribution in [2.24, 2.45) is 5.16 Å². The minimum absolute atomic E-state index is 0.0461. The number of imidazole rings is 1. The predicted molar refractivity (Wildman–Crippen MR) is 82.9 cm³/mol. The molecule has 2 heterocycles. The molecule has 0 saturated heterocycles. The highest BCUT2D eigenvalue weighted by molar-refractivity contribution is 6.44. The van der Waals surface area contributed by atoms with Crippen LogP contribution in [0.4, 0.5) is 0 Å². The normalized spacial score (nSPS) is 12.5. The van der Waals surface area contributed by atoms with Crippen molar-refractivity contribution in [2.45, 2.75) is 19.9 Å². The Morgan fingerprint density at radius 1 is 1.42 bits per heavy atom. The second-order valence-corrected chi connectivity index (χ2v) is 4.66. The second kappa shape index (κ2) is 8.46. The van der Waals surface area contributed by atoms with Gasteiger partial charge in [-0.3, -0.25) is 9.89 Å². The van der Waals surface area contributed by atoms with Crippen LogP contribution in [0.1, 0.15) is 31.4 Å². The highest BCUT2D eigenvalue weighted by Gasteiger charge is 2.20. The van der Waals surface area contributed by atoms with Gasteiger partial charge in [-0.25, -0.2) is 9.78 Å². The summed E-state index contributed by atoms with van der Waals surface area (Å²) in [7, 11) is 0. The average molecular weight is 334 g/mol. The van der Waals surface area contributed by atoms with Crippen LogP contribution in [0.2, 0.25) is 0 Å². The summed E-state index contributed by atoms with van der Waals surface area (Å²) in [6.07, 6.45) is 4.72.